The lowest BCUT2D eigenvalue weighted by atomic mass is 10.2. The number of ether oxygens (including phenoxy) is 1. The van der Waals surface area contributed by atoms with E-state index in [1.807, 2.05) is 20.8 Å². The summed E-state index contributed by atoms with van der Waals surface area (Å²) in [4.78, 5) is 11.8. The first-order chi connectivity index (χ1) is 7.96. The zero-order chi connectivity index (χ0) is 12.5. The predicted molar refractivity (Wildman–Crippen MR) is 61.6 cm³/mol. The largest absolute Gasteiger partial charge is 0.456 e. The highest BCUT2D eigenvalue weighted by Crippen LogP contribution is 2.16. The first-order valence-electron chi connectivity index (χ1n) is 5.28. The third-order valence-corrected chi connectivity index (χ3v) is 2.04. The monoisotopic (exact) mass is 231 g/mol. The highest BCUT2D eigenvalue weighted by atomic mass is 16.6. The molecule has 0 aromatic carbocycles. The van der Waals surface area contributed by atoms with Gasteiger partial charge in [0.05, 0.1) is 5.56 Å². The molecule has 0 bridgehead atoms. The van der Waals surface area contributed by atoms with Crippen LogP contribution in [0.2, 0.25) is 0 Å². The molecule has 2 rings (SSSR count). The highest BCUT2D eigenvalue weighted by molar-refractivity contribution is 5.90. The Bertz CT molecular complexity index is 489. The SMILES string of the molecule is CC(C)(C)OC(=O)c1ccc2nnnc-2cc1. The number of rotatable bonds is 1. The lowest BCUT2D eigenvalue weighted by molar-refractivity contribution is 0.00697. The highest BCUT2D eigenvalue weighted by Gasteiger charge is 2.17. The van der Waals surface area contributed by atoms with E-state index in [9.17, 15) is 4.79 Å². The topological polar surface area (TPSA) is 65.0 Å². The fourth-order valence-corrected chi connectivity index (χ4v) is 1.32. The van der Waals surface area contributed by atoms with Crippen molar-refractivity contribution < 1.29 is 9.53 Å². The molecule has 1 aliphatic carbocycles. The fraction of sp³-hybridized carbons (Fsp3) is 0.333. The van der Waals surface area contributed by atoms with Crippen LogP contribution in [0.3, 0.4) is 0 Å². The molecule has 17 heavy (non-hydrogen) atoms. The summed E-state index contributed by atoms with van der Waals surface area (Å²) in [7, 11) is 0. The van der Waals surface area contributed by atoms with E-state index >= 15 is 0 Å². The van der Waals surface area contributed by atoms with Crippen LogP contribution >= 0.6 is 0 Å². The summed E-state index contributed by atoms with van der Waals surface area (Å²) in [6.07, 6.45) is 0. The molecule has 1 aliphatic heterocycles. The average molecular weight is 231 g/mol. The Morgan fingerprint density at radius 3 is 2.06 bits per heavy atom. The molecule has 0 spiro atoms. The zero-order valence-electron chi connectivity index (χ0n) is 9.97. The van der Waals surface area contributed by atoms with Crippen LogP contribution in [-0.4, -0.2) is 27.0 Å². The summed E-state index contributed by atoms with van der Waals surface area (Å²) in [6, 6.07) is 6.72. The molecule has 0 saturated carbocycles. The molecule has 0 saturated heterocycles. The van der Waals surface area contributed by atoms with Crippen molar-refractivity contribution >= 4 is 5.97 Å². The van der Waals surface area contributed by atoms with Gasteiger partial charge in [0.2, 0.25) is 0 Å². The molecular weight excluding hydrogens is 218 g/mol. The number of aromatic nitrogens is 3. The lowest BCUT2D eigenvalue weighted by Crippen LogP contribution is -2.23. The maximum Gasteiger partial charge on any atom is 0.338 e. The van der Waals surface area contributed by atoms with E-state index in [0.29, 0.717) is 17.0 Å². The first kappa shape index (κ1) is 11.4. The van der Waals surface area contributed by atoms with Crippen molar-refractivity contribution in [1.82, 2.24) is 15.4 Å². The molecule has 1 heterocycles. The normalized spacial score (nSPS) is 11.5. The van der Waals surface area contributed by atoms with Gasteiger partial charge in [-0.2, -0.15) is 0 Å². The van der Waals surface area contributed by atoms with E-state index in [-0.39, 0.29) is 5.97 Å². The maximum absolute atomic E-state index is 11.8. The number of hydrogen-bond acceptors (Lipinski definition) is 5. The molecule has 0 fully saturated rings. The Morgan fingerprint density at radius 1 is 1.06 bits per heavy atom. The van der Waals surface area contributed by atoms with Crippen LogP contribution < -0.4 is 0 Å². The van der Waals surface area contributed by atoms with Crippen LogP contribution in [0.1, 0.15) is 31.1 Å². The third kappa shape index (κ3) is 2.75. The Hall–Kier alpha value is -2.04. The molecule has 88 valence electrons. The summed E-state index contributed by atoms with van der Waals surface area (Å²) in [6.45, 7) is 5.49. The van der Waals surface area contributed by atoms with Crippen LogP contribution in [0.15, 0.2) is 24.3 Å². The van der Waals surface area contributed by atoms with Gasteiger partial charge in [0.15, 0.2) is 0 Å². The smallest absolute Gasteiger partial charge is 0.338 e. The van der Waals surface area contributed by atoms with Crippen molar-refractivity contribution in [3.8, 4) is 11.4 Å². The van der Waals surface area contributed by atoms with Gasteiger partial charge in [0.1, 0.15) is 17.0 Å². The van der Waals surface area contributed by atoms with Crippen molar-refractivity contribution in [2.24, 2.45) is 0 Å². The number of nitrogens with zero attached hydrogens (tertiary/aromatic N) is 3. The Balaban J connectivity index is 2.30. The third-order valence-electron chi connectivity index (χ3n) is 2.04. The minimum atomic E-state index is -0.502. The minimum absolute atomic E-state index is 0.358. The molecule has 5 nitrogen and oxygen atoms in total. The van der Waals surface area contributed by atoms with Gasteiger partial charge >= 0.3 is 5.97 Å². The molecule has 0 aromatic heterocycles. The quantitative estimate of drug-likeness (QED) is 0.701. The van der Waals surface area contributed by atoms with Crippen molar-refractivity contribution in [2.45, 2.75) is 26.4 Å². The second kappa shape index (κ2) is 4.08. The molecule has 0 unspecified atom stereocenters. The molecule has 2 aliphatic rings. The van der Waals surface area contributed by atoms with Crippen molar-refractivity contribution in [3.05, 3.63) is 29.8 Å². The first-order valence-corrected chi connectivity index (χ1v) is 5.28. The number of hydrogen-bond donors (Lipinski definition) is 0. The number of carbonyl (C=O) groups is 1. The predicted octanol–water partition coefficient (Wildman–Crippen LogP) is 1.93. The van der Waals surface area contributed by atoms with E-state index in [1.165, 1.54) is 0 Å². The second-order valence-corrected chi connectivity index (χ2v) is 4.68. The van der Waals surface area contributed by atoms with Crippen LogP contribution in [0, 0.1) is 0 Å². The lowest BCUT2D eigenvalue weighted by Gasteiger charge is -2.19. The molecule has 0 N–H and O–H groups in total. The van der Waals surface area contributed by atoms with E-state index < -0.39 is 5.60 Å². The summed E-state index contributed by atoms with van der Waals surface area (Å²) >= 11 is 0. The van der Waals surface area contributed by atoms with Gasteiger partial charge in [-0.15, -0.1) is 10.2 Å². The van der Waals surface area contributed by atoms with Gasteiger partial charge in [-0.05, 0) is 50.3 Å². The van der Waals surface area contributed by atoms with Gasteiger partial charge in [0.25, 0.3) is 0 Å². The summed E-state index contributed by atoms with van der Waals surface area (Å²) in [5.74, 6) is -0.358. The van der Waals surface area contributed by atoms with Gasteiger partial charge in [-0.3, -0.25) is 0 Å². The van der Waals surface area contributed by atoms with Crippen LogP contribution in [0.5, 0.6) is 0 Å². The van der Waals surface area contributed by atoms with E-state index in [1.54, 1.807) is 24.3 Å². The number of fused-ring (bicyclic) bond motifs is 1. The molecule has 0 aromatic rings. The molecule has 0 radical (unpaired) electrons. The van der Waals surface area contributed by atoms with Crippen LogP contribution in [0.25, 0.3) is 11.4 Å². The minimum Gasteiger partial charge on any atom is -0.456 e. The number of esters is 1. The van der Waals surface area contributed by atoms with Crippen molar-refractivity contribution in [3.63, 3.8) is 0 Å². The van der Waals surface area contributed by atoms with Gasteiger partial charge < -0.3 is 4.74 Å². The standard InChI is InChI=1S/C12H13N3O2/c1-12(2,3)17-11(16)8-4-6-9-10(7-5-8)14-15-13-9/h4-7H,1-3H3. The molecule has 0 atom stereocenters. The molecule has 5 heteroatoms. The second-order valence-electron chi connectivity index (χ2n) is 4.68. The number of carbonyl (C=O) groups excluding carboxylic acids is 1. The summed E-state index contributed by atoms with van der Waals surface area (Å²) in [5, 5.41) is 11.2. The van der Waals surface area contributed by atoms with Crippen LogP contribution in [0.4, 0.5) is 0 Å². The Morgan fingerprint density at radius 2 is 1.59 bits per heavy atom. The molecule has 0 amide bonds. The fourth-order valence-electron chi connectivity index (χ4n) is 1.32. The maximum atomic E-state index is 11.8. The zero-order valence-corrected chi connectivity index (χ0v) is 9.97. The van der Waals surface area contributed by atoms with Gasteiger partial charge in [-0.1, -0.05) is 0 Å². The average Bonchev–Trinajstić information content (AvgIpc) is 2.54. The van der Waals surface area contributed by atoms with Crippen LogP contribution in [-0.2, 0) is 4.74 Å². The Labute approximate surface area is 99.2 Å². The van der Waals surface area contributed by atoms with Gasteiger partial charge in [-0.25, -0.2) is 4.79 Å². The van der Waals surface area contributed by atoms with E-state index in [0.717, 1.165) is 0 Å². The van der Waals surface area contributed by atoms with Crippen molar-refractivity contribution in [2.75, 3.05) is 0 Å². The van der Waals surface area contributed by atoms with Crippen molar-refractivity contribution in [1.29, 1.82) is 0 Å². The van der Waals surface area contributed by atoms with Gasteiger partial charge in [0, 0.05) is 0 Å². The summed E-state index contributed by atoms with van der Waals surface area (Å²) in [5.41, 5.74) is 1.28. The molecular formula is C12H13N3O2. The summed E-state index contributed by atoms with van der Waals surface area (Å²) < 4.78 is 5.27. The van der Waals surface area contributed by atoms with E-state index in [4.69, 9.17) is 4.74 Å². The Kier molecular flexibility index (Phi) is 2.75. The van der Waals surface area contributed by atoms with E-state index in [2.05, 4.69) is 15.4 Å².